The summed E-state index contributed by atoms with van der Waals surface area (Å²) in [5.74, 6) is 3.58. The normalized spacial score (nSPS) is 45.3. The van der Waals surface area contributed by atoms with E-state index in [0.717, 1.165) is 75.7 Å². The molecule has 8 aliphatic carbocycles. The molecule has 14 unspecified atom stereocenters. The molecule has 7 fully saturated rings. The van der Waals surface area contributed by atoms with Crippen LogP contribution in [0.15, 0.2) is 75.9 Å². The van der Waals surface area contributed by atoms with Gasteiger partial charge in [-0.15, -0.1) is 0 Å². The van der Waals surface area contributed by atoms with Crippen molar-refractivity contribution in [3.8, 4) is 0 Å². The number of rotatable bonds is 6. The van der Waals surface area contributed by atoms with Gasteiger partial charge in [0.2, 0.25) is 0 Å². The van der Waals surface area contributed by atoms with Crippen LogP contribution in [0.3, 0.4) is 0 Å². The first kappa shape index (κ1) is 41.2. The molecule has 0 amide bonds. The van der Waals surface area contributed by atoms with Crippen LogP contribution in [0.2, 0.25) is 0 Å². The summed E-state index contributed by atoms with van der Waals surface area (Å²) >= 11 is 0. The van der Waals surface area contributed by atoms with Gasteiger partial charge in [-0.25, -0.2) is 4.79 Å². The first-order valence-corrected chi connectivity index (χ1v) is 27.8. The lowest BCUT2D eigenvalue weighted by Gasteiger charge is -2.74. The van der Waals surface area contributed by atoms with Gasteiger partial charge in [0, 0.05) is 61.1 Å². The molecule has 354 valence electrons. The number of ether oxygens (including phenoxy) is 2. The van der Waals surface area contributed by atoms with Gasteiger partial charge >= 0.3 is 11.9 Å². The lowest BCUT2D eigenvalue weighted by atomic mass is 9.26. The highest BCUT2D eigenvalue weighted by Crippen LogP contribution is 2.89. The van der Waals surface area contributed by atoms with Crippen LogP contribution in [-0.4, -0.2) is 65.1 Å². The van der Waals surface area contributed by atoms with Crippen molar-refractivity contribution >= 4 is 11.9 Å². The van der Waals surface area contributed by atoms with E-state index in [0.29, 0.717) is 78.7 Å². The number of esters is 2. The second-order valence-corrected chi connectivity index (χ2v) is 25.3. The van der Waals surface area contributed by atoms with E-state index in [1.165, 1.54) is 76.2 Å². The summed E-state index contributed by atoms with van der Waals surface area (Å²) in [6.07, 6.45) is 30.4. The number of nitrogens with zero attached hydrogens (tertiary/aromatic N) is 2. The summed E-state index contributed by atoms with van der Waals surface area (Å²) in [7, 11) is 0. The molecule has 8 nitrogen and oxygen atoms in total. The van der Waals surface area contributed by atoms with Gasteiger partial charge in [0.15, 0.2) is 11.4 Å². The molecule has 0 aromatic heterocycles. The molecule has 8 heteroatoms. The molecule has 0 radical (unpaired) electrons. The van der Waals surface area contributed by atoms with Crippen LogP contribution >= 0.6 is 0 Å². The first-order chi connectivity index (χ1) is 32.7. The van der Waals surface area contributed by atoms with E-state index in [9.17, 15) is 5.11 Å². The van der Waals surface area contributed by atoms with Crippen LogP contribution in [-0.2, 0) is 26.3 Å². The fourth-order valence-electron chi connectivity index (χ4n) is 20.6. The van der Waals surface area contributed by atoms with Crippen molar-refractivity contribution < 1.29 is 24.2 Å². The Morgan fingerprint density at radius 1 is 0.940 bits per heavy atom. The third kappa shape index (κ3) is 4.95. The number of aryl methyl sites for hydroxylation is 1. The molecule has 4 spiro atoms. The van der Waals surface area contributed by atoms with E-state index in [4.69, 9.17) is 15.2 Å². The molecule has 9 aliphatic heterocycles. The topological polar surface area (TPSA) is 105 Å². The number of aliphatic hydroxyl groups excluding tert-OH is 1. The minimum Gasteiger partial charge on any atom is -0.509 e. The Hall–Kier alpha value is -3.62. The fourth-order valence-corrected chi connectivity index (χ4v) is 20.6. The largest absolute Gasteiger partial charge is 0.509 e. The Morgan fingerprint density at radius 3 is 2.64 bits per heavy atom. The van der Waals surface area contributed by atoms with Crippen molar-refractivity contribution in [2.75, 3.05) is 26.2 Å². The summed E-state index contributed by atoms with van der Waals surface area (Å²) in [5, 5.41) is 13.5. The van der Waals surface area contributed by atoms with Gasteiger partial charge < -0.3 is 25.2 Å². The number of aliphatic hydroxyl groups is 1. The van der Waals surface area contributed by atoms with Gasteiger partial charge in [-0.1, -0.05) is 99.4 Å². The fraction of sp³-hybridized carbons (Fsp3) is 0.695. The SMILES string of the molecule is CC1CC2=C3C4C5=C6C7CC14CCC7=CC(C1CCCC1)CC1C64C(=O)OC(=C(O)CC(CC6CCCCC6)N6CC7CC(C6)C(C=C2)N3C7)C4(CC5)C12OC(=O)c1c(CCCN)cccc12. The van der Waals surface area contributed by atoms with Crippen LogP contribution < -0.4 is 5.73 Å². The highest BCUT2D eigenvalue weighted by molar-refractivity contribution is 6.00. The summed E-state index contributed by atoms with van der Waals surface area (Å²) < 4.78 is 14.6. The molecule has 14 atom stereocenters. The van der Waals surface area contributed by atoms with E-state index in [1.807, 2.05) is 0 Å². The number of fused-ring (bicyclic) bond motifs is 3. The molecule has 3 saturated heterocycles. The second-order valence-electron chi connectivity index (χ2n) is 25.3. The summed E-state index contributed by atoms with van der Waals surface area (Å²) in [6.45, 7) is 6.34. The Kier molecular flexibility index (Phi) is 8.77. The minimum absolute atomic E-state index is 0.121. The van der Waals surface area contributed by atoms with Crippen LogP contribution in [0.4, 0.5) is 0 Å². The first-order valence-electron chi connectivity index (χ1n) is 27.8. The average molecular weight is 904 g/mol. The predicted octanol–water partition coefficient (Wildman–Crippen LogP) is 10.7. The molecule has 18 rings (SSSR count). The highest BCUT2D eigenvalue weighted by Gasteiger charge is 2.94. The number of benzene rings is 1. The maximum atomic E-state index is 16.5. The van der Waals surface area contributed by atoms with Gasteiger partial charge in [0.1, 0.15) is 11.2 Å². The molecule has 3 N–H and O–H groups in total. The molecule has 9 heterocycles. The number of nitrogens with two attached hydrogens (primary N) is 1. The number of hydrogen-bond acceptors (Lipinski definition) is 8. The van der Waals surface area contributed by atoms with Crippen LogP contribution in [0.5, 0.6) is 0 Å². The van der Waals surface area contributed by atoms with Crippen molar-refractivity contribution in [1.82, 2.24) is 9.80 Å². The molecule has 14 bridgehead atoms. The van der Waals surface area contributed by atoms with E-state index >= 15 is 9.59 Å². The third-order valence-electron chi connectivity index (χ3n) is 22.9. The number of carbonyl (C=O) groups is 2. The van der Waals surface area contributed by atoms with E-state index in [2.05, 4.69) is 53.2 Å². The van der Waals surface area contributed by atoms with Gasteiger partial charge in [0.25, 0.3) is 0 Å². The zero-order chi connectivity index (χ0) is 44.8. The van der Waals surface area contributed by atoms with Crippen molar-refractivity contribution in [2.45, 2.75) is 159 Å². The highest BCUT2D eigenvalue weighted by atomic mass is 16.6. The van der Waals surface area contributed by atoms with Crippen LogP contribution in [0.25, 0.3) is 0 Å². The molecular weight excluding hydrogens is 831 g/mol. The smallest absolute Gasteiger partial charge is 0.339 e. The zero-order valence-electron chi connectivity index (χ0n) is 40.0. The maximum Gasteiger partial charge on any atom is 0.339 e. The maximum absolute atomic E-state index is 16.5. The minimum atomic E-state index is -1.13. The van der Waals surface area contributed by atoms with Gasteiger partial charge in [-0.05, 0) is 148 Å². The van der Waals surface area contributed by atoms with Crippen LogP contribution in [0.1, 0.15) is 157 Å². The quantitative estimate of drug-likeness (QED) is 0.215. The Balaban J connectivity index is 1.03. The lowest BCUT2D eigenvalue weighted by molar-refractivity contribution is -0.283. The Morgan fingerprint density at radius 2 is 1.79 bits per heavy atom. The standard InChI is InChI=1S/C59H73N3O5/c1-33-23-39-16-17-46-41-24-35-30-61(32-41)42(25-34-9-3-2-4-10-34)28-47(63)53-57-21-19-43-50-44-29-56(33,51(43)52(39)62(46)31-35)20-18-38(44)26-40(36-11-5-6-12-36)27-48(58(50,57)55(65)66-53)59(57)45-15-7-13-37(14-8-22-60)49(45)54(64)67-59/h7,13,15-17,26,33-36,40-42,44,46,48,51,63H,2-6,8-12,14,18-25,27-32,60H2,1H3. The summed E-state index contributed by atoms with van der Waals surface area (Å²) in [6, 6.07) is 6.95. The molecule has 4 saturated carbocycles. The molecule has 67 heavy (non-hydrogen) atoms. The van der Waals surface area contributed by atoms with Crippen molar-refractivity contribution in [3.63, 3.8) is 0 Å². The lowest BCUT2D eigenvalue weighted by Crippen LogP contribution is -2.78. The number of hydrogen-bond donors (Lipinski definition) is 2. The number of allylic oxidation sites excluding steroid dienone is 5. The monoisotopic (exact) mass is 904 g/mol. The van der Waals surface area contributed by atoms with Gasteiger partial charge in [-0.2, -0.15) is 0 Å². The van der Waals surface area contributed by atoms with Gasteiger partial charge in [0.05, 0.1) is 17.0 Å². The zero-order valence-corrected chi connectivity index (χ0v) is 40.0. The molecule has 1 aromatic rings. The summed E-state index contributed by atoms with van der Waals surface area (Å²) in [5.41, 5.74) is 13.4. The Labute approximate surface area is 397 Å². The van der Waals surface area contributed by atoms with Crippen LogP contribution in [0, 0.1) is 69.5 Å². The van der Waals surface area contributed by atoms with Gasteiger partial charge in [-0.3, -0.25) is 9.69 Å². The number of piperidine rings is 2. The summed E-state index contributed by atoms with van der Waals surface area (Å²) in [4.78, 5) is 37.4. The molecule has 17 aliphatic rings. The van der Waals surface area contributed by atoms with E-state index in [1.54, 1.807) is 22.4 Å². The van der Waals surface area contributed by atoms with Crippen molar-refractivity contribution in [2.24, 2.45) is 75.2 Å². The number of carbonyl (C=O) groups excluding carboxylic acids is 2. The Bertz CT molecular complexity index is 2540. The van der Waals surface area contributed by atoms with E-state index in [-0.39, 0.29) is 46.9 Å². The molecule has 1 aromatic carbocycles. The predicted molar refractivity (Wildman–Crippen MR) is 256 cm³/mol. The molecular formula is C59H73N3O5. The average Bonchev–Trinajstić information content (AvgIpc) is 4.04. The van der Waals surface area contributed by atoms with E-state index < -0.39 is 16.4 Å². The van der Waals surface area contributed by atoms with Crippen molar-refractivity contribution in [3.05, 3.63) is 92.6 Å². The van der Waals surface area contributed by atoms with Crippen molar-refractivity contribution in [1.29, 1.82) is 0 Å². The second kappa shape index (κ2) is 14.3. The third-order valence-corrected chi connectivity index (χ3v) is 22.9.